The minimum absolute atomic E-state index is 0.0703. The largest absolute Gasteiger partial charge is 0.293 e. The van der Waals surface area contributed by atoms with Crippen molar-refractivity contribution in [2.45, 2.75) is 17.9 Å². The molecule has 2 heterocycles. The van der Waals surface area contributed by atoms with E-state index in [1.165, 1.54) is 5.56 Å². The first kappa shape index (κ1) is 14.6. The van der Waals surface area contributed by atoms with Crippen molar-refractivity contribution in [1.82, 2.24) is 14.6 Å². The fourth-order valence-corrected chi connectivity index (χ4v) is 2.85. The molecule has 0 bridgehead atoms. The number of carbonyl (C=O) groups excluding carboxylic acids is 1. The van der Waals surface area contributed by atoms with Crippen molar-refractivity contribution in [3.63, 3.8) is 0 Å². The minimum atomic E-state index is -0.170. The average Bonchev–Trinajstić information content (AvgIpc) is 2.97. The van der Waals surface area contributed by atoms with Crippen LogP contribution < -0.4 is 5.32 Å². The zero-order valence-corrected chi connectivity index (χ0v) is 13.0. The molecule has 0 saturated carbocycles. The molecule has 112 valence electrons. The Labute approximate surface area is 132 Å². The Hall–Kier alpha value is -2.34. The molecule has 3 rings (SSSR count). The highest BCUT2D eigenvalue weighted by molar-refractivity contribution is 7.99. The highest BCUT2D eigenvalue weighted by atomic mass is 32.2. The fourth-order valence-electron chi connectivity index (χ4n) is 2.01. The minimum Gasteiger partial charge on any atom is -0.293 e. The van der Waals surface area contributed by atoms with Crippen LogP contribution in [-0.2, 0) is 10.5 Å². The summed E-state index contributed by atoms with van der Waals surface area (Å²) >= 11 is 1.60. The number of benzene rings is 1. The number of pyridine rings is 1. The van der Waals surface area contributed by atoms with Crippen LogP contribution in [0.3, 0.4) is 0 Å². The summed E-state index contributed by atoms with van der Waals surface area (Å²) in [5.41, 5.74) is 1.92. The van der Waals surface area contributed by atoms with Crippen LogP contribution in [0.5, 0.6) is 0 Å². The highest BCUT2D eigenvalue weighted by Gasteiger charge is 2.16. The van der Waals surface area contributed by atoms with E-state index in [0.29, 0.717) is 11.6 Å². The van der Waals surface area contributed by atoms with E-state index in [1.807, 2.05) is 49.5 Å². The lowest BCUT2D eigenvalue weighted by Crippen LogP contribution is -2.23. The van der Waals surface area contributed by atoms with Crippen molar-refractivity contribution in [3.8, 4) is 0 Å². The third kappa shape index (κ3) is 3.28. The molecular formula is C16H16N4OS. The second-order valence-corrected chi connectivity index (χ2v) is 6.21. The van der Waals surface area contributed by atoms with Crippen molar-refractivity contribution in [2.24, 2.45) is 0 Å². The van der Waals surface area contributed by atoms with Gasteiger partial charge in [0.15, 0.2) is 5.65 Å². The second kappa shape index (κ2) is 6.62. The molecule has 6 heteroatoms. The summed E-state index contributed by atoms with van der Waals surface area (Å²) in [5.74, 6) is 1.18. The van der Waals surface area contributed by atoms with Gasteiger partial charge in [0, 0.05) is 11.9 Å². The Kier molecular flexibility index (Phi) is 4.39. The van der Waals surface area contributed by atoms with Crippen LogP contribution >= 0.6 is 11.8 Å². The molecule has 0 radical (unpaired) electrons. The zero-order valence-electron chi connectivity index (χ0n) is 12.1. The maximum absolute atomic E-state index is 12.3. The van der Waals surface area contributed by atoms with E-state index in [-0.39, 0.29) is 11.2 Å². The number of fused-ring (bicyclic) bond motifs is 1. The summed E-state index contributed by atoms with van der Waals surface area (Å²) in [7, 11) is 0. The molecule has 22 heavy (non-hydrogen) atoms. The Morgan fingerprint density at radius 3 is 2.77 bits per heavy atom. The number of aromatic nitrogens is 3. The molecule has 1 atom stereocenters. The monoisotopic (exact) mass is 312 g/mol. The average molecular weight is 312 g/mol. The number of nitrogens with one attached hydrogen (secondary N) is 1. The van der Waals surface area contributed by atoms with Crippen molar-refractivity contribution >= 4 is 29.3 Å². The van der Waals surface area contributed by atoms with E-state index in [4.69, 9.17) is 0 Å². The number of hydrogen-bond donors (Lipinski definition) is 1. The molecule has 5 nitrogen and oxygen atoms in total. The van der Waals surface area contributed by atoms with E-state index in [0.717, 1.165) is 5.75 Å². The van der Waals surface area contributed by atoms with Gasteiger partial charge >= 0.3 is 0 Å². The molecule has 0 aliphatic carbocycles. The Bertz CT molecular complexity index is 772. The standard InChI is InChI=1S/C16H16N4OS/c1-12(22-11-13-7-3-2-4-8-13)15(21)17-16-19-18-14-9-5-6-10-20(14)16/h2-10,12H,11H2,1H3,(H,17,19,21). The molecule has 1 amide bonds. The number of thioether (sulfide) groups is 1. The third-order valence-corrected chi connectivity index (χ3v) is 4.47. The predicted octanol–water partition coefficient (Wildman–Crippen LogP) is 2.99. The van der Waals surface area contributed by atoms with Crippen molar-refractivity contribution in [3.05, 3.63) is 60.3 Å². The van der Waals surface area contributed by atoms with Crippen molar-refractivity contribution < 1.29 is 4.79 Å². The van der Waals surface area contributed by atoms with Crippen molar-refractivity contribution in [1.29, 1.82) is 0 Å². The molecule has 0 aliphatic rings. The first-order valence-corrected chi connectivity index (χ1v) is 8.05. The molecule has 0 fully saturated rings. The lowest BCUT2D eigenvalue weighted by molar-refractivity contribution is -0.115. The highest BCUT2D eigenvalue weighted by Crippen LogP contribution is 2.19. The third-order valence-electron chi connectivity index (χ3n) is 3.26. The van der Waals surface area contributed by atoms with Gasteiger partial charge in [0.1, 0.15) is 0 Å². The quantitative estimate of drug-likeness (QED) is 0.787. The molecule has 0 aliphatic heterocycles. The second-order valence-electron chi connectivity index (χ2n) is 4.88. The number of rotatable bonds is 5. The van der Waals surface area contributed by atoms with Gasteiger partial charge in [-0.1, -0.05) is 36.4 Å². The van der Waals surface area contributed by atoms with Gasteiger partial charge < -0.3 is 0 Å². The molecule has 1 N–H and O–H groups in total. The van der Waals surface area contributed by atoms with Crippen LogP contribution in [0.2, 0.25) is 0 Å². The van der Waals surface area contributed by atoms with Crippen LogP contribution in [0.1, 0.15) is 12.5 Å². The Morgan fingerprint density at radius 2 is 1.95 bits per heavy atom. The van der Waals surface area contributed by atoms with Gasteiger partial charge in [-0.25, -0.2) is 0 Å². The maximum Gasteiger partial charge on any atom is 0.239 e. The Morgan fingerprint density at radius 1 is 1.18 bits per heavy atom. The first-order valence-electron chi connectivity index (χ1n) is 7.00. The van der Waals surface area contributed by atoms with Gasteiger partial charge in [-0.2, -0.15) is 0 Å². The maximum atomic E-state index is 12.3. The molecule has 2 aromatic heterocycles. The predicted molar refractivity (Wildman–Crippen MR) is 88.8 cm³/mol. The van der Waals surface area contributed by atoms with Crippen LogP contribution in [0.4, 0.5) is 5.95 Å². The number of amides is 1. The first-order chi connectivity index (χ1) is 10.7. The fraction of sp³-hybridized carbons (Fsp3) is 0.188. The SMILES string of the molecule is CC(SCc1ccccc1)C(=O)Nc1nnc2ccccn12. The van der Waals surface area contributed by atoms with E-state index in [2.05, 4.69) is 27.6 Å². The Balaban J connectivity index is 1.61. The summed E-state index contributed by atoms with van der Waals surface area (Å²) in [6.07, 6.45) is 1.83. The van der Waals surface area contributed by atoms with Crippen molar-refractivity contribution in [2.75, 3.05) is 5.32 Å². The van der Waals surface area contributed by atoms with E-state index in [1.54, 1.807) is 16.2 Å². The lowest BCUT2D eigenvalue weighted by Gasteiger charge is -2.11. The zero-order chi connectivity index (χ0) is 15.4. The topological polar surface area (TPSA) is 59.3 Å². The molecule has 1 unspecified atom stereocenters. The number of anilines is 1. The molecule has 0 saturated heterocycles. The number of carbonyl (C=O) groups is 1. The van der Waals surface area contributed by atoms with Crippen LogP contribution in [0.15, 0.2) is 54.7 Å². The number of nitrogens with zero attached hydrogens (tertiary/aromatic N) is 3. The normalized spacial score (nSPS) is 12.2. The molecule has 1 aromatic carbocycles. The summed E-state index contributed by atoms with van der Waals surface area (Å²) in [5, 5.41) is 10.7. The van der Waals surface area contributed by atoms with Crippen LogP contribution in [-0.4, -0.2) is 25.8 Å². The summed E-state index contributed by atoms with van der Waals surface area (Å²) < 4.78 is 1.76. The summed E-state index contributed by atoms with van der Waals surface area (Å²) in [4.78, 5) is 12.3. The van der Waals surface area contributed by atoms with Gasteiger partial charge in [-0.15, -0.1) is 22.0 Å². The molecular weight excluding hydrogens is 296 g/mol. The summed E-state index contributed by atoms with van der Waals surface area (Å²) in [6.45, 7) is 1.90. The van der Waals surface area contributed by atoms with Crippen LogP contribution in [0, 0.1) is 0 Å². The summed E-state index contributed by atoms with van der Waals surface area (Å²) in [6, 6.07) is 15.7. The van der Waals surface area contributed by atoms with Gasteiger partial charge in [0.2, 0.25) is 11.9 Å². The van der Waals surface area contributed by atoms with Gasteiger partial charge in [0.25, 0.3) is 0 Å². The van der Waals surface area contributed by atoms with E-state index >= 15 is 0 Å². The smallest absolute Gasteiger partial charge is 0.239 e. The van der Waals surface area contributed by atoms with Gasteiger partial charge in [-0.05, 0) is 24.6 Å². The number of hydrogen-bond acceptors (Lipinski definition) is 4. The van der Waals surface area contributed by atoms with E-state index in [9.17, 15) is 4.79 Å². The lowest BCUT2D eigenvalue weighted by atomic mass is 10.2. The molecule has 0 spiro atoms. The van der Waals surface area contributed by atoms with E-state index < -0.39 is 0 Å². The van der Waals surface area contributed by atoms with Gasteiger partial charge in [-0.3, -0.25) is 14.5 Å². The van der Waals surface area contributed by atoms with Crippen LogP contribution in [0.25, 0.3) is 5.65 Å². The molecule has 3 aromatic rings. The van der Waals surface area contributed by atoms with Gasteiger partial charge in [0.05, 0.1) is 5.25 Å².